The summed E-state index contributed by atoms with van der Waals surface area (Å²) in [6, 6.07) is 8.94. The summed E-state index contributed by atoms with van der Waals surface area (Å²) in [5, 5.41) is 9.14. The first kappa shape index (κ1) is 13.2. The first-order chi connectivity index (χ1) is 9.17. The van der Waals surface area contributed by atoms with Crippen LogP contribution in [0.5, 0.6) is 0 Å². The van der Waals surface area contributed by atoms with E-state index in [4.69, 9.17) is 21.6 Å². The Bertz CT molecular complexity index is 666. The third-order valence-corrected chi connectivity index (χ3v) is 2.76. The van der Waals surface area contributed by atoms with Gasteiger partial charge in [-0.25, -0.2) is 9.97 Å². The van der Waals surface area contributed by atoms with E-state index in [9.17, 15) is 4.79 Å². The van der Waals surface area contributed by atoms with Gasteiger partial charge in [0.25, 0.3) is 0 Å². The Hall–Kier alpha value is -2.19. The van der Waals surface area contributed by atoms with Gasteiger partial charge in [0.05, 0.1) is 23.7 Å². The maximum absolute atomic E-state index is 11.7. The smallest absolute Gasteiger partial charge is 0.329 e. The van der Waals surface area contributed by atoms with Crippen LogP contribution in [-0.2, 0) is 9.53 Å². The lowest BCUT2D eigenvalue weighted by Crippen LogP contribution is -2.16. The van der Waals surface area contributed by atoms with Crippen molar-refractivity contribution >= 4 is 28.6 Å². The van der Waals surface area contributed by atoms with Crippen molar-refractivity contribution in [1.29, 1.82) is 5.26 Å². The van der Waals surface area contributed by atoms with Crippen LogP contribution in [0.15, 0.2) is 24.3 Å². The highest BCUT2D eigenvalue weighted by Gasteiger charge is 2.26. The molecule has 1 heterocycles. The van der Waals surface area contributed by atoms with Gasteiger partial charge in [-0.1, -0.05) is 23.7 Å². The van der Waals surface area contributed by atoms with Crippen LogP contribution in [0.3, 0.4) is 0 Å². The van der Waals surface area contributed by atoms with Crippen molar-refractivity contribution in [2.75, 3.05) is 6.61 Å². The van der Waals surface area contributed by atoms with Gasteiger partial charge in [-0.05, 0) is 19.1 Å². The first-order valence-electron chi connectivity index (χ1n) is 5.65. The number of carbonyl (C=O) groups excluding carboxylic acids is 1. The molecule has 19 heavy (non-hydrogen) atoms. The molecule has 96 valence electrons. The van der Waals surface area contributed by atoms with E-state index < -0.39 is 11.9 Å². The lowest BCUT2D eigenvalue weighted by atomic mass is 10.1. The van der Waals surface area contributed by atoms with Gasteiger partial charge in [-0.2, -0.15) is 5.26 Å². The molecule has 1 aromatic heterocycles. The summed E-state index contributed by atoms with van der Waals surface area (Å²) in [6.45, 7) is 1.86. The zero-order valence-corrected chi connectivity index (χ0v) is 10.9. The lowest BCUT2D eigenvalue weighted by Gasteiger charge is -2.09. The number of rotatable bonds is 3. The Kier molecular flexibility index (Phi) is 3.93. The number of para-hydroxylation sites is 2. The molecule has 2 aromatic rings. The van der Waals surface area contributed by atoms with Crippen molar-refractivity contribution in [3.63, 3.8) is 0 Å². The van der Waals surface area contributed by atoms with Crippen molar-refractivity contribution in [2.24, 2.45) is 0 Å². The van der Waals surface area contributed by atoms with Gasteiger partial charge in [-0.15, -0.1) is 0 Å². The van der Waals surface area contributed by atoms with E-state index in [2.05, 4.69) is 9.97 Å². The number of hydrogen-bond donors (Lipinski definition) is 0. The minimum absolute atomic E-state index is 0.0401. The van der Waals surface area contributed by atoms with E-state index in [-0.39, 0.29) is 17.5 Å². The molecule has 0 N–H and O–H groups in total. The molecule has 0 amide bonds. The van der Waals surface area contributed by atoms with E-state index in [0.717, 1.165) is 0 Å². The number of halogens is 1. The number of nitrogens with zero attached hydrogens (tertiary/aromatic N) is 3. The van der Waals surface area contributed by atoms with Crippen LogP contribution in [0, 0.1) is 11.3 Å². The zero-order valence-electron chi connectivity index (χ0n) is 10.1. The lowest BCUT2D eigenvalue weighted by molar-refractivity contribution is -0.143. The molecule has 0 aliphatic carbocycles. The Morgan fingerprint density at radius 2 is 2.05 bits per heavy atom. The number of fused-ring (bicyclic) bond motifs is 1. The first-order valence-corrected chi connectivity index (χ1v) is 6.03. The highest BCUT2D eigenvalue weighted by Crippen LogP contribution is 2.24. The maximum Gasteiger partial charge on any atom is 0.329 e. The second kappa shape index (κ2) is 5.63. The van der Waals surface area contributed by atoms with Gasteiger partial charge in [0.2, 0.25) is 0 Å². The third kappa shape index (κ3) is 2.64. The molecule has 5 nitrogen and oxygen atoms in total. The van der Waals surface area contributed by atoms with Crippen LogP contribution in [0.25, 0.3) is 11.0 Å². The summed E-state index contributed by atoms with van der Waals surface area (Å²) in [5.41, 5.74) is 1.31. The van der Waals surface area contributed by atoms with Crippen LogP contribution in [0.2, 0.25) is 5.15 Å². The fourth-order valence-electron chi connectivity index (χ4n) is 1.63. The summed E-state index contributed by atoms with van der Waals surface area (Å²) in [4.78, 5) is 20.1. The molecule has 0 aliphatic rings. The Morgan fingerprint density at radius 3 is 2.63 bits per heavy atom. The van der Waals surface area contributed by atoms with Crippen LogP contribution in [0.1, 0.15) is 18.5 Å². The summed E-state index contributed by atoms with van der Waals surface area (Å²) >= 11 is 5.99. The van der Waals surface area contributed by atoms with Gasteiger partial charge in [0, 0.05) is 0 Å². The summed E-state index contributed by atoms with van der Waals surface area (Å²) in [5.74, 6) is -1.83. The molecule has 0 saturated heterocycles. The second-order valence-electron chi connectivity index (χ2n) is 3.70. The number of esters is 1. The number of nitriles is 1. The molecule has 2 rings (SSSR count). The van der Waals surface area contributed by atoms with E-state index in [1.54, 1.807) is 31.2 Å². The van der Waals surface area contributed by atoms with Crippen molar-refractivity contribution in [2.45, 2.75) is 12.8 Å². The topological polar surface area (TPSA) is 75.9 Å². The Morgan fingerprint density at radius 1 is 1.42 bits per heavy atom. The molecule has 0 fully saturated rings. The number of hydrogen-bond acceptors (Lipinski definition) is 5. The van der Waals surface area contributed by atoms with Crippen LogP contribution < -0.4 is 0 Å². The average molecular weight is 276 g/mol. The fourth-order valence-corrected chi connectivity index (χ4v) is 1.87. The molecule has 1 aromatic carbocycles. The number of benzene rings is 1. The number of ether oxygens (including phenoxy) is 1. The minimum atomic E-state index is -1.16. The third-order valence-electron chi connectivity index (χ3n) is 2.48. The average Bonchev–Trinajstić information content (AvgIpc) is 2.40. The van der Waals surface area contributed by atoms with E-state index in [1.165, 1.54) is 0 Å². The van der Waals surface area contributed by atoms with Gasteiger partial charge < -0.3 is 4.74 Å². The van der Waals surface area contributed by atoms with Gasteiger partial charge in [-0.3, -0.25) is 4.79 Å². The van der Waals surface area contributed by atoms with Crippen molar-refractivity contribution in [3.8, 4) is 6.07 Å². The molecule has 6 heteroatoms. The van der Waals surface area contributed by atoms with Crippen LogP contribution in [0.4, 0.5) is 0 Å². The van der Waals surface area contributed by atoms with Crippen molar-refractivity contribution in [1.82, 2.24) is 9.97 Å². The monoisotopic (exact) mass is 275 g/mol. The molecule has 0 unspecified atom stereocenters. The maximum atomic E-state index is 11.7. The number of carbonyl (C=O) groups is 1. The molecule has 0 bridgehead atoms. The molecular weight excluding hydrogens is 266 g/mol. The second-order valence-corrected chi connectivity index (χ2v) is 4.06. The predicted octanol–water partition coefficient (Wildman–Crippen LogP) is 2.45. The van der Waals surface area contributed by atoms with Crippen LogP contribution in [-0.4, -0.2) is 22.5 Å². The summed E-state index contributed by atoms with van der Waals surface area (Å²) < 4.78 is 4.83. The van der Waals surface area contributed by atoms with Crippen molar-refractivity contribution in [3.05, 3.63) is 35.1 Å². The van der Waals surface area contributed by atoms with E-state index in [0.29, 0.717) is 11.0 Å². The SMILES string of the molecule is CCOC(=O)[C@H](C#N)c1nc2ccccc2nc1Cl. The zero-order chi connectivity index (χ0) is 13.8. The normalized spacial score (nSPS) is 11.8. The largest absolute Gasteiger partial charge is 0.465 e. The molecule has 0 saturated carbocycles. The predicted molar refractivity (Wildman–Crippen MR) is 69.5 cm³/mol. The summed E-state index contributed by atoms with van der Waals surface area (Å²) in [7, 11) is 0. The summed E-state index contributed by atoms with van der Waals surface area (Å²) in [6.07, 6.45) is 0. The van der Waals surface area contributed by atoms with E-state index >= 15 is 0 Å². The standard InChI is InChI=1S/C13H10ClN3O2/c1-2-19-13(18)8(7-15)11-12(14)17-10-6-4-3-5-9(10)16-11/h3-6,8H,2H2,1H3/t8-/m1/s1. The van der Waals surface area contributed by atoms with Gasteiger partial charge >= 0.3 is 5.97 Å². The Balaban J connectivity index is 2.51. The molecular formula is C13H10ClN3O2. The van der Waals surface area contributed by atoms with Gasteiger partial charge in [0.15, 0.2) is 11.1 Å². The Labute approximate surface area is 114 Å². The van der Waals surface area contributed by atoms with Gasteiger partial charge in [0.1, 0.15) is 5.69 Å². The molecule has 1 atom stereocenters. The molecule has 0 radical (unpaired) electrons. The minimum Gasteiger partial charge on any atom is -0.465 e. The number of aromatic nitrogens is 2. The highest BCUT2D eigenvalue weighted by molar-refractivity contribution is 6.30. The fraction of sp³-hybridized carbons (Fsp3) is 0.231. The van der Waals surface area contributed by atoms with Crippen LogP contribution >= 0.6 is 11.6 Å². The molecule has 0 aliphatic heterocycles. The van der Waals surface area contributed by atoms with Crippen molar-refractivity contribution < 1.29 is 9.53 Å². The quantitative estimate of drug-likeness (QED) is 0.804. The molecule has 0 spiro atoms. The van der Waals surface area contributed by atoms with E-state index in [1.807, 2.05) is 6.07 Å². The highest BCUT2D eigenvalue weighted by atomic mass is 35.5.